The summed E-state index contributed by atoms with van der Waals surface area (Å²) in [5.41, 5.74) is -2.70. The van der Waals surface area contributed by atoms with Crippen molar-refractivity contribution >= 4 is 0 Å². The van der Waals surface area contributed by atoms with E-state index in [1.165, 1.54) is 13.0 Å². The molecule has 112 valence electrons. The zero-order chi connectivity index (χ0) is 15.6. The first kappa shape index (κ1) is 16.6. The van der Waals surface area contributed by atoms with Crippen molar-refractivity contribution in [3.05, 3.63) is 47.5 Å². The molecule has 0 radical (unpaired) electrons. The third kappa shape index (κ3) is 4.26. The van der Waals surface area contributed by atoms with E-state index >= 15 is 0 Å². The van der Waals surface area contributed by atoms with E-state index < -0.39 is 29.5 Å². The second-order valence-electron chi connectivity index (χ2n) is 4.26. The van der Waals surface area contributed by atoms with Crippen LogP contribution in [0.25, 0.3) is 0 Å². The largest absolute Gasteiger partial charge is 0.416 e. The highest BCUT2D eigenvalue weighted by Crippen LogP contribution is 2.37. The van der Waals surface area contributed by atoms with Gasteiger partial charge in [-0.15, -0.1) is 6.58 Å². The van der Waals surface area contributed by atoms with Gasteiger partial charge >= 0.3 is 12.4 Å². The van der Waals surface area contributed by atoms with Crippen LogP contribution in [0.4, 0.5) is 26.3 Å². The third-order valence-corrected chi connectivity index (χ3v) is 2.68. The Balaban J connectivity index is 3.27. The highest BCUT2D eigenvalue weighted by atomic mass is 19.4. The van der Waals surface area contributed by atoms with Gasteiger partial charge in [0.15, 0.2) is 0 Å². The van der Waals surface area contributed by atoms with E-state index in [0.29, 0.717) is 0 Å². The van der Waals surface area contributed by atoms with E-state index in [0.717, 1.165) is 12.1 Å². The van der Waals surface area contributed by atoms with Gasteiger partial charge in [-0.3, -0.25) is 0 Å². The Morgan fingerprint density at radius 3 is 1.85 bits per heavy atom. The van der Waals surface area contributed by atoms with E-state index in [2.05, 4.69) is 11.9 Å². The number of alkyl halides is 6. The molecular formula is C13H13F6N. The molecule has 1 N–H and O–H groups in total. The fraction of sp³-hybridized carbons (Fsp3) is 0.385. The Bertz CT molecular complexity index is 442. The van der Waals surface area contributed by atoms with Gasteiger partial charge in [-0.1, -0.05) is 6.08 Å². The van der Waals surface area contributed by atoms with Crippen LogP contribution in [0.5, 0.6) is 0 Å². The van der Waals surface area contributed by atoms with E-state index in [4.69, 9.17) is 0 Å². The molecule has 1 unspecified atom stereocenters. The molecule has 0 aromatic heterocycles. The minimum absolute atomic E-state index is 0.0750. The molecule has 0 aliphatic carbocycles. The summed E-state index contributed by atoms with van der Waals surface area (Å²) in [5.74, 6) is 0. The van der Waals surface area contributed by atoms with Crippen molar-refractivity contribution in [2.45, 2.75) is 25.3 Å². The first-order chi connectivity index (χ1) is 9.05. The van der Waals surface area contributed by atoms with Crippen LogP contribution in [0, 0.1) is 0 Å². The lowest BCUT2D eigenvalue weighted by atomic mass is 10.0. The normalized spacial score (nSPS) is 14.2. The Labute approximate surface area is 112 Å². The Morgan fingerprint density at radius 2 is 1.50 bits per heavy atom. The number of benzene rings is 1. The fourth-order valence-corrected chi connectivity index (χ4v) is 1.61. The van der Waals surface area contributed by atoms with Gasteiger partial charge in [-0.05, 0) is 30.7 Å². The van der Waals surface area contributed by atoms with Crippen molar-refractivity contribution < 1.29 is 26.3 Å². The van der Waals surface area contributed by atoms with Crippen molar-refractivity contribution in [3.63, 3.8) is 0 Å². The van der Waals surface area contributed by atoms with Crippen LogP contribution in [0.15, 0.2) is 30.9 Å². The van der Waals surface area contributed by atoms with Gasteiger partial charge in [0.05, 0.1) is 11.1 Å². The number of halogens is 6. The van der Waals surface area contributed by atoms with E-state index in [1.54, 1.807) is 0 Å². The summed E-state index contributed by atoms with van der Waals surface area (Å²) >= 11 is 0. The quantitative estimate of drug-likeness (QED) is 0.634. The van der Waals surface area contributed by atoms with Crippen LogP contribution in [0.3, 0.4) is 0 Å². The Kier molecular flexibility index (Phi) is 4.86. The molecule has 1 rings (SSSR count). The molecule has 0 heterocycles. The number of rotatable bonds is 4. The SMILES string of the molecule is C=CCNC(C)c1cc(C(F)(F)F)cc(C(F)(F)F)c1. The predicted molar refractivity (Wildman–Crippen MR) is 63.1 cm³/mol. The minimum atomic E-state index is -4.83. The van der Waals surface area contributed by atoms with Crippen LogP contribution in [0.2, 0.25) is 0 Å². The summed E-state index contributed by atoms with van der Waals surface area (Å²) in [5, 5.41) is 2.75. The molecule has 0 fully saturated rings. The molecule has 0 bridgehead atoms. The lowest BCUT2D eigenvalue weighted by molar-refractivity contribution is -0.143. The standard InChI is InChI=1S/C13H13F6N/c1-3-4-20-8(2)9-5-10(12(14,15)16)7-11(6-9)13(17,18)19/h3,5-8,20H,1,4H2,2H3. The zero-order valence-corrected chi connectivity index (χ0v) is 10.6. The minimum Gasteiger partial charge on any atom is -0.307 e. The lowest BCUT2D eigenvalue weighted by Gasteiger charge is -2.18. The zero-order valence-electron chi connectivity index (χ0n) is 10.6. The van der Waals surface area contributed by atoms with Gasteiger partial charge in [0.1, 0.15) is 0 Å². The predicted octanol–water partition coefficient (Wildman–Crippen LogP) is 4.56. The molecule has 0 saturated carbocycles. The molecule has 1 aromatic rings. The maximum atomic E-state index is 12.6. The average Bonchev–Trinajstić information content (AvgIpc) is 2.33. The first-order valence-electron chi connectivity index (χ1n) is 5.69. The van der Waals surface area contributed by atoms with Crippen molar-refractivity contribution in [1.82, 2.24) is 5.32 Å². The molecule has 0 spiro atoms. The fourth-order valence-electron chi connectivity index (χ4n) is 1.61. The highest BCUT2D eigenvalue weighted by Gasteiger charge is 2.37. The maximum Gasteiger partial charge on any atom is 0.416 e. The van der Waals surface area contributed by atoms with Crippen LogP contribution < -0.4 is 5.32 Å². The summed E-state index contributed by atoms with van der Waals surface area (Å²) in [6.45, 7) is 5.18. The van der Waals surface area contributed by atoms with Gasteiger partial charge in [0, 0.05) is 12.6 Å². The summed E-state index contributed by atoms with van der Waals surface area (Å²) in [4.78, 5) is 0. The summed E-state index contributed by atoms with van der Waals surface area (Å²) < 4.78 is 75.9. The molecule has 1 atom stereocenters. The molecule has 20 heavy (non-hydrogen) atoms. The Morgan fingerprint density at radius 1 is 1.05 bits per heavy atom. The molecule has 7 heteroatoms. The van der Waals surface area contributed by atoms with Gasteiger partial charge < -0.3 is 5.32 Å². The van der Waals surface area contributed by atoms with Crippen LogP contribution in [-0.4, -0.2) is 6.54 Å². The summed E-state index contributed by atoms with van der Waals surface area (Å²) in [6, 6.07) is 0.895. The topological polar surface area (TPSA) is 12.0 Å². The molecule has 0 aliphatic rings. The van der Waals surface area contributed by atoms with Crippen molar-refractivity contribution in [2.24, 2.45) is 0 Å². The van der Waals surface area contributed by atoms with Gasteiger partial charge in [0.2, 0.25) is 0 Å². The maximum absolute atomic E-state index is 12.6. The number of nitrogens with one attached hydrogen (secondary N) is 1. The number of hydrogen-bond acceptors (Lipinski definition) is 1. The molecule has 0 aliphatic heterocycles. The first-order valence-corrected chi connectivity index (χ1v) is 5.69. The Hall–Kier alpha value is -1.50. The highest BCUT2D eigenvalue weighted by molar-refractivity contribution is 5.35. The molecule has 0 saturated heterocycles. The molecule has 0 amide bonds. The van der Waals surface area contributed by atoms with Gasteiger partial charge in [-0.2, -0.15) is 26.3 Å². The van der Waals surface area contributed by atoms with Gasteiger partial charge in [0.25, 0.3) is 0 Å². The molecule has 1 aromatic carbocycles. The summed E-state index contributed by atoms with van der Waals surface area (Å²) in [6.07, 6.45) is -8.18. The van der Waals surface area contributed by atoms with Crippen LogP contribution in [-0.2, 0) is 12.4 Å². The monoisotopic (exact) mass is 297 g/mol. The van der Waals surface area contributed by atoms with Crippen molar-refractivity contribution in [2.75, 3.05) is 6.54 Å². The van der Waals surface area contributed by atoms with Crippen molar-refractivity contribution in [3.8, 4) is 0 Å². The number of hydrogen-bond donors (Lipinski definition) is 1. The van der Waals surface area contributed by atoms with E-state index in [1.807, 2.05) is 0 Å². The van der Waals surface area contributed by atoms with E-state index in [-0.39, 0.29) is 18.2 Å². The van der Waals surface area contributed by atoms with Crippen molar-refractivity contribution in [1.29, 1.82) is 0 Å². The second kappa shape index (κ2) is 5.87. The van der Waals surface area contributed by atoms with Crippen LogP contribution >= 0.6 is 0 Å². The van der Waals surface area contributed by atoms with Gasteiger partial charge in [-0.25, -0.2) is 0 Å². The van der Waals surface area contributed by atoms with Crippen LogP contribution in [0.1, 0.15) is 29.7 Å². The van der Waals surface area contributed by atoms with E-state index in [9.17, 15) is 26.3 Å². The average molecular weight is 297 g/mol. The molecule has 1 nitrogen and oxygen atoms in total. The third-order valence-electron chi connectivity index (χ3n) is 2.68. The smallest absolute Gasteiger partial charge is 0.307 e. The summed E-state index contributed by atoms with van der Waals surface area (Å²) in [7, 11) is 0. The lowest BCUT2D eigenvalue weighted by Crippen LogP contribution is -2.20. The molecular weight excluding hydrogens is 284 g/mol. The second-order valence-corrected chi connectivity index (χ2v) is 4.26.